The Balaban J connectivity index is 1.97. The lowest BCUT2D eigenvalue weighted by Crippen LogP contribution is -2.14. The fraction of sp³-hybridized carbons (Fsp3) is 0.235. The van der Waals surface area contributed by atoms with E-state index in [-0.39, 0.29) is 11.8 Å². The molecule has 0 saturated carbocycles. The third-order valence-electron chi connectivity index (χ3n) is 3.87. The molecule has 2 aromatic rings. The average Bonchev–Trinajstić information content (AvgIpc) is 2.83. The van der Waals surface area contributed by atoms with Gasteiger partial charge in [0.2, 0.25) is 5.91 Å². The van der Waals surface area contributed by atoms with Gasteiger partial charge in [-0.1, -0.05) is 11.6 Å². The number of anilines is 1. The van der Waals surface area contributed by atoms with Gasteiger partial charge in [0.15, 0.2) is 0 Å². The van der Waals surface area contributed by atoms with Crippen molar-refractivity contribution in [3.63, 3.8) is 0 Å². The molecule has 1 amide bonds. The molecular weight excluding hydrogens is 302 g/mol. The van der Waals surface area contributed by atoms with Crippen molar-refractivity contribution in [1.29, 1.82) is 0 Å². The van der Waals surface area contributed by atoms with Crippen LogP contribution >= 0.6 is 11.6 Å². The van der Waals surface area contributed by atoms with Gasteiger partial charge in [0.1, 0.15) is 11.5 Å². The summed E-state index contributed by atoms with van der Waals surface area (Å²) < 4.78 is 10.6. The summed E-state index contributed by atoms with van der Waals surface area (Å²) in [6.45, 7) is 0. The summed E-state index contributed by atoms with van der Waals surface area (Å²) >= 11 is 6.06. The first-order valence-electron chi connectivity index (χ1n) is 6.93. The Morgan fingerprint density at radius 2 is 1.95 bits per heavy atom. The van der Waals surface area contributed by atoms with Crippen molar-refractivity contribution in [2.75, 3.05) is 19.5 Å². The van der Waals surface area contributed by atoms with Crippen LogP contribution in [0.4, 0.5) is 5.69 Å². The van der Waals surface area contributed by atoms with E-state index >= 15 is 0 Å². The number of rotatable bonds is 4. The quantitative estimate of drug-likeness (QED) is 0.936. The van der Waals surface area contributed by atoms with Crippen LogP contribution in [0.2, 0.25) is 5.02 Å². The highest BCUT2D eigenvalue weighted by Gasteiger charge is 2.31. The second kappa shape index (κ2) is 5.89. The first-order chi connectivity index (χ1) is 10.6. The molecule has 5 heteroatoms. The van der Waals surface area contributed by atoms with E-state index in [0.29, 0.717) is 11.4 Å². The number of hydrogen-bond acceptors (Lipinski definition) is 3. The Morgan fingerprint density at radius 3 is 2.68 bits per heavy atom. The molecule has 0 saturated heterocycles. The second-order valence-electron chi connectivity index (χ2n) is 5.16. The van der Waals surface area contributed by atoms with Gasteiger partial charge in [-0.15, -0.1) is 0 Å². The summed E-state index contributed by atoms with van der Waals surface area (Å²) in [5.74, 6) is 1.17. The number of nitrogens with one attached hydrogen (secondary N) is 1. The zero-order valence-electron chi connectivity index (χ0n) is 12.4. The molecule has 0 aromatic heterocycles. The zero-order chi connectivity index (χ0) is 15.7. The van der Waals surface area contributed by atoms with Crippen molar-refractivity contribution in [3.8, 4) is 11.5 Å². The Labute approximate surface area is 134 Å². The number of halogens is 1. The molecule has 4 nitrogen and oxygen atoms in total. The maximum atomic E-state index is 12.3. The van der Waals surface area contributed by atoms with Crippen LogP contribution in [-0.2, 0) is 11.2 Å². The van der Waals surface area contributed by atoms with Crippen molar-refractivity contribution >= 4 is 23.2 Å². The van der Waals surface area contributed by atoms with Gasteiger partial charge in [0.05, 0.1) is 20.1 Å². The summed E-state index contributed by atoms with van der Waals surface area (Å²) in [6.07, 6.45) is 0.527. The fourth-order valence-electron chi connectivity index (χ4n) is 2.76. The van der Waals surface area contributed by atoms with E-state index in [0.717, 1.165) is 28.3 Å². The number of hydrogen-bond donors (Lipinski definition) is 1. The minimum atomic E-state index is -0.283. The van der Waals surface area contributed by atoms with E-state index in [9.17, 15) is 4.79 Å². The van der Waals surface area contributed by atoms with Crippen LogP contribution in [0.1, 0.15) is 17.0 Å². The van der Waals surface area contributed by atoms with Crippen molar-refractivity contribution in [1.82, 2.24) is 0 Å². The summed E-state index contributed by atoms with van der Waals surface area (Å²) in [6, 6.07) is 11.0. The maximum Gasteiger partial charge on any atom is 0.232 e. The van der Waals surface area contributed by atoms with E-state index < -0.39 is 0 Å². The Bertz CT molecular complexity index is 730. The molecule has 3 rings (SSSR count). The highest BCUT2D eigenvalue weighted by Crippen LogP contribution is 2.38. The van der Waals surface area contributed by atoms with Gasteiger partial charge >= 0.3 is 0 Å². The summed E-state index contributed by atoms with van der Waals surface area (Å²) in [5, 5.41) is 3.51. The van der Waals surface area contributed by atoms with Crippen molar-refractivity contribution in [2.45, 2.75) is 12.3 Å². The van der Waals surface area contributed by atoms with Gasteiger partial charge in [-0.05, 0) is 53.9 Å². The highest BCUT2D eigenvalue weighted by atomic mass is 35.5. The number of carbonyl (C=O) groups excluding carboxylic acids is 1. The van der Waals surface area contributed by atoms with Crippen molar-refractivity contribution < 1.29 is 14.3 Å². The lowest BCUT2D eigenvalue weighted by molar-refractivity contribution is -0.117. The highest BCUT2D eigenvalue weighted by molar-refractivity contribution is 6.31. The average molecular weight is 318 g/mol. The summed E-state index contributed by atoms with van der Waals surface area (Å²) in [7, 11) is 3.23. The topological polar surface area (TPSA) is 47.6 Å². The number of ether oxygens (including phenoxy) is 2. The van der Waals surface area contributed by atoms with Crippen molar-refractivity contribution in [3.05, 3.63) is 52.5 Å². The second-order valence-corrected chi connectivity index (χ2v) is 5.59. The van der Waals surface area contributed by atoms with Crippen LogP contribution < -0.4 is 14.8 Å². The molecule has 0 bridgehead atoms. The molecular formula is C17H16ClNO3. The lowest BCUT2D eigenvalue weighted by Gasteiger charge is -2.14. The van der Waals surface area contributed by atoms with Gasteiger partial charge in [-0.3, -0.25) is 4.79 Å². The fourth-order valence-corrected chi connectivity index (χ4v) is 2.94. The van der Waals surface area contributed by atoms with Crippen LogP contribution in [-0.4, -0.2) is 20.1 Å². The molecule has 0 spiro atoms. The lowest BCUT2D eigenvalue weighted by atomic mass is 9.92. The normalized spacial score (nSPS) is 16.1. The molecule has 22 heavy (non-hydrogen) atoms. The molecule has 0 radical (unpaired) electrons. The molecule has 0 aliphatic carbocycles. The van der Waals surface area contributed by atoms with E-state index in [1.54, 1.807) is 20.3 Å². The van der Waals surface area contributed by atoms with Gasteiger partial charge in [0, 0.05) is 10.7 Å². The summed E-state index contributed by atoms with van der Waals surface area (Å²) in [5.41, 5.74) is 2.67. The zero-order valence-corrected chi connectivity index (χ0v) is 13.1. The van der Waals surface area contributed by atoms with Gasteiger partial charge in [0.25, 0.3) is 0 Å². The number of carbonyl (C=O) groups is 1. The predicted molar refractivity (Wildman–Crippen MR) is 86.1 cm³/mol. The van der Waals surface area contributed by atoms with Crippen LogP contribution in [0.25, 0.3) is 0 Å². The molecule has 0 unspecified atom stereocenters. The summed E-state index contributed by atoms with van der Waals surface area (Å²) in [4.78, 5) is 12.3. The maximum absolute atomic E-state index is 12.3. The number of benzene rings is 2. The smallest absolute Gasteiger partial charge is 0.232 e. The van der Waals surface area contributed by atoms with E-state index in [1.807, 2.05) is 30.3 Å². The largest absolute Gasteiger partial charge is 0.497 e. The van der Waals surface area contributed by atoms with Crippen LogP contribution in [0.5, 0.6) is 11.5 Å². The monoisotopic (exact) mass is 317 g/mol. The number of methoxy groups -OCH3 is 2. The van der Waals surface area contributed by atoms with Gasteiger partial charge in [-0.25, -0.2) is 0 Å². The van der Waals surface area contributed by atoms with Crippen LogP contribution in [0.15, 0.2) is 36.4 Å². The van der Waals surface area contributed by atoms with E-state index in [1.165, 1.54) is 0 Å². The van der Waals surface area contributed by atoms with Crippen molar-refractivity contribution in [2.24, 2.45) is 0 Å². The van der Waals surface area contributed by atoms with Crippen LogP contribution in [0, 0.1) is 0 Å². The molecule has 2 aromatic carbocycles. The third-order valence-corrected chi connectivity index (χ3v) is 4.11. The molecule has 1 aliphatic rings. The van der Waals surface area contributed by atoms with Gasteiger partial charge in [-0.2, -0.15) is 0 Å². The van der Waals surface area contributed by atoms with Crippen LogP contribution in [0.3, 0.4) is 0 Å². The Morgan fingerprint density at radius 1 is 1.14 bits per heavy atom. The molecule has 1 aliphatic heterocycles. The molecule has 0 fully saturated rings. The molecule has 1 heterocycles. The van der Waals surface area contributed by atoms with E-state index in [4.69, 9.17) is 21.1 Å². The number of fused-ring (bicyclic) bond motifs is 1. The predicted octanol–water partition coefficient (Wildman–Crippen LogP) is 3.64. The first kappa shape index (κ1) is 14.7. The number of amides is 1. The SMILES string of the molecule is COc1ccc(OC)c(C[C@@H]2C(=O)Nc3ccc(Cl)cc32)c1. The third kappa shape index (κ3) is 2.62. The molecule has 114 valence electrons. The minimum absolute atomic E-state index is 0.0258. The Kier molecular flexibility index (Phi) is 3.94. The standard InChI is InChI=1S/C17H16ClNO3/c1-21-12-4-6-16(22-2)10(7-12)8-14-13-9-11(18)3-5-15(13)19-17(14)20/h3-7,9,14H,8H2,1-2H3,(H,19,20)/t14-/m0/s1. The van der Waals surface area contributed by atoms with E-state index in [2.05, 4.69) is 5.32 Å². The Hall–Kier alpha value is -2.20. The minimum Gasteiger partial charge on any atom is -0.497 e. The first-order valence-corrected chi connectivity index (χ1v) is 7.31. The molecule has 1 atom stereocenters. The van der Waals surface area contributed by atoms with Gasteiger partial charge < -0.3 is 14.8 Å². The molecule has 1 N–H and O–H groups in total.